The molecule has 0 fully saturated rings. The Morgan fingerprint density at radius 3 is 2.43 bits per heavy atom. The van der Waals surface area contributed by atoms with Crippen LogP contribution in [0.5, 0.6) is 0 Å². The third-order valence-electron chi connectivity index (χ3n) is 6.08. The molecule has 1 aliphatic carbocycles. The summed E-state index contributed by atoms with van der Waals surface area (Å²) in [6.45, 7) is 6.46. The standard InChI is InChI=1S/C23H23F2N3/c1-14(2)23(20-9-4-5-12-26-20)11-10-15(3)16-13-19(27-28-22(16)23)21-17(24)7-6-8-18(21)25/h4-9,12-15H,10-11H2,1-3H3/t15-,23-/m0/s1. The number of aromatic nitrogens is 3. The molecule has 0 saturated carbocycles. The highest BCUT2D eigenvalue weighted by atomic mass is 19.1. The highest BCUT2D eigenvalue weighted by molar-refractivity contribution is 5.62. The van der Waals surface area contributed by atoms with Gasteiger partial charge in [-0.15, -0.1) is 5.10 Å². The number of rotatable bonds is 3. The molecule has 144 valence electrons. The van der Waals surface area contributed by atoms with Gasteiger partial charge in [-0.1, -0.05) is 32.9 Å². The predicted octanol–water partition coefficient (Wildman–Crippen LogP) is 5.66. The minimum atomic E-state index is -0.627. The molecule has 28 heavy (non-hydrogen) atoms. The lowest BCUT2D eigenvalue weighted by atomic mass is 9.62. The first-order valence-corrected chi connectivity index (χ1v) is 9.69. The number of hydrogen-bond donors (Lipinski definition) is 0. The summed E-state index contributed by atoms with van der Waals surface area (Å²) in [7, 11) is 0. The van der Waals surface area contributed by atoms with Crippen LogP contribution in [0.2, 0.25) is 0 Å². The van der Waals surface area contributed by atoms with E-state index in [0.29, 0.717) is 0 Å². The number of pyridine rings is 1. The van der Waals surface area contributed by atoms with E-state index in [2.05, 4.69) is 36.0 Å². The Hall–Kier alpha value is -2.69. The van der Waals surface area contributed by atoms with E-state index in [1.807, 2.05) is 24.3 Å². The van der Waals surface area contributed by atoms with Crippen LogP contribution in [-0.2, 0) is 5.41 Å². The van der Waals surface area contributed by atoms with Gasteiger partial charge in [0, 0.05) is 6.20 Å². The van der Waals surface area contributed by atoms with E-state index in [0.717, 1.165) is 29.8 Å². The summed E-state index contributed by atoms with van der Waals surface area (Å²) in [5.41, 5.74) is 2.60. The maximum absolute atomic E-state index is 14.3. The second-order valence-electron chi connectivity index (χ2n) is 7.91. The SMILES string of the molecule is CC(C)[C@]1(c2ccccn2)CC[C@H](C)c2cc(-c3c(F)cccc3F)nnc21. The van der Waals surface area contributed by atoms with E-state index < -0.39 is 11.6 Å². The molecule has 0 amide bonds. The monoisotopic (exact) mass is 379 g/mol. The highest BCUT2D eigenvalue weighted by Gasteiger charge is 2.45. The zero-order valence-corrected chi connectivity index (χ0v) is 16.3. The van der Waals surface area contributed by atoms with Crippen LogP contribution in [0.15, 0.2) is 48.7 Å². The van der Waals surface area contributed by atoms with Crippen molar-refractivity contribution in [3.63, 3.8) is 0 Å². The molecule has 0 spiro atoms. The van der Waals surface area contributed by atoms with Crippen molar-refractivity contribution >= 4 is 0 Å². The van der Waals surface area contributed by atoms with Crippen molar-refractivity contribution in [1.82, 2.24) is 15.2 Å². The number of nitrogens with zero attached hydrogens (tertiary/aromatic N) is 3. The molecule has 1 aliphatic rings. The first-order chi connectivity index (χ1) is 13.4. The summed E-state index contributed by atoms with van der Waals surface area (Å²) in [6.07, 6.45) is 3.66. The normalized spacial score (nSPS) is 21.6. The summed E-state index contributed by atoms with van der Waals surface area (Å²) in [5.74, 6) is -0.774. The molecule has 0 unspecified atom stereocenters. The molecular formula is C23H23F2N3. The zero-order valence-electron chi connectivity index (χ0n) is 16.3. The second kappa shape index (κ2) is 7.04. The average molecular weight is 379 g/mol. The lowest BCUT2D eigenvalue weighted by molar-refractivity contribution is 0.286. The van der Waals surface area contributed by atoms with Gasteiger partial charge in [-0.05, 0) is 60.6 Å². The maximum Gasteiger partial charge on any atom is 0.135 e. The van der Waals surface area contributed by atoms with Gasteiger partial charge in [0.15, 0.2) is 0 Å². The van der Waals surface area contributed by atoms with E-state index in [4.69, 9.17) is 0 Å². The van der Waals surface area contributed by atoms with E-state index in [9.17, 15) is 8.78 Å². The maximum atomic E-state index is 14.3. The topological polar surface area (TPSA) is 38.7 Å². The molecule has 0 N–H and O–H groups in total. The molecular weight excluding hydrogens is 356 g/mol. The van der Waals surface area contributed by atoms with Crippen molar-refractivity contribution in [3.8, 4) is 11.3 Å². The molecule has 0 bridgehead atoms. The van der Waals surface area contributed by atoms with E-state index >= 15 is 0 Å². The molecule has 1 aromatic carbocycles. The number of fused-ring (bicyclic) bond motifs is 1. The van der Waals surface area contributed by atoms with Gasteiger partial charge in [-0.25, -0.2) is 8.78 Å². The Bertz CT molecular complexity index is 984. The van der Waals surface area contributed by atoms with Crippen molar-refractivity contribution in [3.05, 3.63) is 77.2 Å². The third kappa shape index (κ3) is 2.81. The molecule has 2 atom stereocenters. The Balaban J connectivity index is 1.94. The van der Waals surface area contributed by atoms with Crippen LogP contribution in [0.4, 0.5) is 8.78 Å². The van der Waals surface area contributed by atoms with Gasteiger partial charge in [-0.3, -0.25) is 4.98 Å². The number of benzene rings is 1. The van der Waals surface area contributed by atoms with Crippen molar-refractivity contribution in [2.45, 2.75) is 44.9 Å². The summed E-state index contributed by atoms with van der Waals surface area (Å²) in [6, 6.07) is 11.6. The Kier molecular flexibility index (Phi) is 4.69. The van der Waals surface area contributed by atoms with Gasteiger partial charge in [0.05, 0.1) is 28.1 Å². The molecule has 0 radical (unpaired) electrons. The van der Waals surface area contributed by atoms with Crippen LogP contribution in [-0.4, -0.2) is 15.2 Å². The first kappa shape index (κ1) is 18.7. The average Bonchev–Trinajstić information content (AvgIpc) is 2.69. The van der Waals surface area contributed by atoms with Crippen LogP contribution < -0.4 is 0 Å². The van der Waals surface area contributed by atoms with Crippen molar-refractivity contribution < 1.29 is 8.78 Å². The zero-order chi connectivity index (χ0) is 19.9. The molecule has 3 nitrogen and oxygen atoms in total. The van der Waals surface area contributed by atoms with E-state index in [1.165, 1.54) is 18.2 Å². The molecule has 2 heterocycles. The first-order valence-electron chi connectivity index (χ1n) is 9.69. The van der Waals surface area contributed by atoms with Gasteiger partial charge < -0.3 is 0 Å². The molecule has 0 aliphatic heterocycles. The van der Waals surface area contributed by atoms with Crippen LogP contribution in [0.3, 0.4) is 0 Å². The summed E-state index contributed by atoms with van der Waals surface area (Å²) in [5, 5.41) is 8.82. The quantitative estimate of drug-likeness (QED) is 0.590. The van der Waals surface area contributed by atoms with Crippen molar-refractivity contribution in [2.75, 3.05) is 0 Å². The summed E-state index contributed by atoms with van der Waals surface area (Å²) < 4.78 is 28.6. The highest BCUT2D eigenvalue weighted by Crippen LogP contribution is 2.49. The second-order valence-corrected chi connectivity index (χ2v) is 7.91. The molecule has 2 aromatic heterocycles. The number of hydrogen-bond acceptors (Lipinski definition) is 3. The van der Waals surface area contributed by atoms with Gasteiger partial charge in [-0.2, -0.15) is 5.10 Å². The smallest absolute Gasteiger partial charge is 0.135 e. The molecule has 4 rings (SSSR count). The minimum Gasteiger partial charge on any atom is -0.260 e. The van der Waals surface area contributed by atoms with Crippen LogP contribution in [0, 0.1) is 17.6 Å². The molecule has 5 heteroatoms. The summed E-state index contributed by atoms with van der Waals surface area (Å²) >= 11 is 0. The lowest BCUT2D eigenvalue weighted by Gasteiger charge is -2.42. The summed E-state index contributed by atoms with van der Waals surface area (Å²) in [4.78, 5) is 4.64. The van der Waals surface area contributed by atoms with Gasteiger partial charge in [0.2, 0.25) is 0 Å². The fraction of sp³-hybridized carbons (Fsp3) is 0.348. The third-order valence-corrected chi connectivity index (χ3v) is 6.08. The van der Waals surface area contributed by atoms with Crippen LogP contribution >= 0.6 is 0 Å². The van der Waals surface area contributed by atoms with Crippen LogP contribution in [0.1, 0.15) is 56.5 Å². The fourth-order valence-corrected chi connectivity index (χ4v) is 4.45. The van der Waals surface area contributed by atoms with E-state index in [1.54, 1.807) is 6.20 Å². The number of halogens is 2. The minimum absolute atomic E-state index is 0.122. The lowest BCUT2D eigenvalue weighted by Crippen LogP contribution is -2.40. The molecule has 3 aromatic rings. The van der Waals surface area contributed by atoms with Crippen molar-refractivity contribution in [1.29, 1.82) is 0 Å². The van der Waals surface area contributed by atoms with Gasteiger partial charge in [0.1, 0.15) is 11.6 Å². The van der Waals surface area contributed by atoms with E-state index in [-0.39, 0.29) is 28.5 Å². The Morgan fingerprint density at radius 2 is 1.79 bits per heavy atom. The molecule has 0 saturated heterocycles. The van der Waals surface area contributed by atoms with Crippen LogP contribution in [0.25, 0.3) is 11.3 Å². The Morgan fingerprint density at radius 1 is 1.04 bits per heavy atom. The van der Waals surface area contributed by atoms with Gasteiger partial charge in [0.25, 0.3) is 0 Å². The Labute approximate surface area is 163 Å². The largest absolute Gasteiger partial charge is 0.260 e. The van der Waals surface area contributed by atoms with Gasteiger partial charge >= 0.3 is 0 Å². The predicted molar refractivity (Wildman–Crippen MR) is 105 cm³/mol. The van der Waals surface area contributed by atoms with Crippen molar-refractivity contribution in [2.24, 2.45) is 5.92 Å². The fourth-order valence-electron chi connectivity index (χ4n) is 4.45.